The maximum atomic E-state index is 2.31. The van der Waals surface area contributed by atoms with Gasteiger partial charge in [0.25, 0.3) is 0 Å². The summed E-state index contributed by atoms with van der Waals surface area (Å²) in [6, 6.07) is 17.2. The minimum atomic E-state index is 1.15. The molecule has 0 N–H and O–H groups in total. The summed E-state index contributed by atoms with van der Waals surface area (Å²) in [5.41, 5.74) is 8.82. The lowest BCUT2D eigenvalue weighted by molar-refractivity contribution is 1.04. The lowest BCUT2D eigenvalue weighted by Crippen LogP contribution is -1.81. The van der Waals surface area contributed by atoms with Gasteiger partial charge in [0.15, 0.2) is 0 Å². The van der Waals surface area contributed by atoms with Crippen LogP contribution < -0.4 is 0 Å². The zero-order valence-electron chi connectivity index (χ0n) is 12.9. The van der Waals surface area contributed by atoms with Gasteiger partial charge in [0, 0.05) is 0 Å². The van der Waals surface area contributed by atoms with Gasteiger partial charge < -0.3 is 0 Å². The van der Waals surface area contributed by atoms with E-state index < -0.39 is 0 Å². The topological polar surface area (TPSA) is 0 Å². The molecule has 106 valence electrons. The molecule has 0 atom stereocenters. The first-order valence-electron chi connectivity index (χ1n) is 7.78. The van der Waals surface area contributed by atoms with E-state index in [1.54, 1.807) is 5.57 Å². The zero-order chi connectivity index (χ0) is 14.7. The van der Waals surface area contributed by atoms with Crippen molar-refractivity contribution in [1.29, 1.82) is 0 Å². The van der Waals surface area contributed by atoms with Crippen LogP contribution in [0.5, 0.6) is 0 Å². The average Bonchev–Trinajstić information content (AvgIpc) is 3.09. The highest BCUT2D eigenvalue weighted by molar-refractivity contribution is 5.63. The lowest BCUT2D eigenvalue weighted by Gasteiger charge is -1.95. The Labute approximate surface area is 127 Å². The second-order valence-corrected chi connectivity index (χ2v) is 5.90. The van der Waals surface area contributed by atoms with Crippen molar-refractivity contribution in [2.75, 3.05) is 0 Å². The van der Waals surface area contributed by atoms with Crippen molar-refractivity contribution >= 4 is 12.2 Å². The van der Waals surface area contributed by atoms with Crippen LogP contribution in [0.25, 0.3) is 12.2 Å². The van der Waals surface area contributed by atoms with Crippen LogP contribution in [-0.4, -0.2) is 0 Å². The number of fused-ring (bicyclic) bond motifs is 2. The van der Waals surface area contributed by atoms with Crippen LogP contribution in [0.2, 0.25) is 0 Å². The first-order valence-corrected chi connectivity index (χ1v) is 7.78. The molecule has 0 fully saturated rings. The van der Waals surface area contributed by atoms with Gasteiger partial charge in [-0.2, -0.15) is 0 Å². The van der Waals surface area contributed by atoms with E-state index in [-0.39, 0.29) is 0 Å². The van der Waals surface area contributed by atoms with E-state index in [2.05, 4.69) is 74.5 Å². The normalized spacial score (nSPS) is 14.6. The molecule has 0 heteroatoms. The second-order valence-electron chi connectivity index (χ2n) is 5.90. The highest BCUT2D eigenvalue weighted by Crippen LogP contribution is 2.26. The fraction of sp³-hybridized carbons (Fsp3) is 0.238. The van der Waals surface area contributed by atoms with Crippen LogP contribution in [0.15, 0.2) is 59.7 Å². The molecular weight excluding hydrogens is 252 g/mol. The van der Waals surface area contributed by atoms with Gasteiger partial charge in [-0.3, -0.25) is 0 Å². The average molecular weight is 274 g/mol. The summed E-state index contributed by atoms with van der Waals surface area (Å²) in [6.07, 6.45) is 8.09. The van der Waals surface area contributed by atoms with Crippen molar-refractivity contribution in [2.24, 2.45) is 0 Å². The van der Waals surface area contributed by atoms with Gasteiger partial charge in [0.2, 0.25) is 0 Å². The summed E-state index contributed by atoms with van der Waals surface area (Å²) < 4.78 is 0. The Kier molecular flexibility index (Phi) is 4.06. The molecule has 0 nitrogen and oxygen atoms in total. The van der Waals surface area contributed by atoms with E-state index in [4.69, 9.17) is 0 Å². The molecule has 0 unspecified atom stereocenters. The van der Waals surface area contributed by atoms with Crippen LogP contribution in [-0.2, 0) is 12.8 Å². The fourth-order valence-electron chi connectivity index (χ4n) is 3.03. The number of hydrogen-bond acceptors (Lipinski definition) is 0. The summed E-state index contributed by atoms with van der Waals surface area (Å²) >= 11 is 0. The number of hydrogen-bond donors (Lipinski definition) is 0. The Morgan fingerprint density at radius 3 is 1.90 bits per heavy atom. The molecule has 21 heavy (non-hydrogen) atoms. The van der Waals surface area contributed by atoms with Gasteiger partial charge in [0.05, 0.1) is 0 Å². The quantitative estimate of drug-likeness (QED) is 0.627. The second kappa shape index (κ2) is 6.13. The number of rotatable bonds is 1. The zero-order valence-corrected chi connectivity index (χ0v) is 12.9. The number of allylic oxidation sites excluding steroid dienone is 2. The Morgan fingerprint density at radius 1 is 0.762 bits per heavy atom. The summed E-state index contributed by atoms with van der Waals surface area (Å²) in [4.78, 5) is 0. The summed E-state index contributed by atoms with van der Waals surface area (Å²) in [5.74, 6) is 0. The molecule has 0 bridgehead atoms. The first kappa shape index (κ1) is 13.9. The van der Waals surface area contributed by atoms with Crippen LogP contribution >= 0.6 is 0 Å². The SMILES string of the molecule is CC1=Cc2ccccc2C1.CCC1=Cc2ccccc2C1. The monoisotopic (exact) mass is 274 g/mol. The Bertz CT molecular complexity index is 701. The molecule has 0 saturated heterocycles. The molecule has 0 radical (unpaired) electrons. The minimum absolute atomic E-state index is 1.15. The largest absolute Gasteiger partial charge is 0.0683 e. The fourth-order valence-corrected chi connectivity index (χ4v) is 3.03. The van der Waals surface area contributed by atoms with Crippen LogP contribution in [0.1, 0.15) is 42.5 Å². The highest BCUT2D eigenvalue weighted by Gasteiger charge is 2.09. The maximum absolute atomic E-state index is 2.31. The molecule has 0 spiro atoms. The van der Waals surface area contributed by atoms with Crippen LogP contribution in [0.3, 0.4) is 0 Å². The van der Waals surface area contributed by atoms with Gasteiger partial charge in [-0.25, -0.2) is 0 Å². The van der Waals surface area contributed by atoms with Gasteiger partial charge >= 0.3 is 0 Å². The molecular formula is C21H22. The van der Waals surface area contributed by atoms with Crippen LogP contribution in [0, 0.1) is 0 Å². The van der Waals surface area contributed by atoms with Crippen LogP contribution in [0.4, 0.5) is 0 Å². The minimum Gasteiger partial charge on any atom is -0.0683 e. The summed E-state index contributed by atoms with van der Waals surface area (Å²) in [6.45, 7) is 4.40. The highest BCUT2D eigenvalue weighted by atomic mass is 14.1. The van der Waals surface area contributed by atoms with Crippen molar-refractivity contribution < 1.29 is 0 Å². The third-order valence-corrected chi connectivity index (χ3v) is 4.21. The van der Waals surface area contributed by atoms with E-state index in [0.717, 1.165) is 6.42 Å². The van der Waals surface area contributed by atoms with E-state index in [0.29, 0.717) is 0 Å². The molecule has 2 aromatic carbocycles. The predicted octanol–water partition coefficient (Wildman–Crippen LogP) is 5.68. The maximum Gasteiger partial charge on any atom is -0.00579 e. The Morgan fingerprint density at radius 2 is 1.33 bits per heavy atom. The molecule has 0 aliphatic heterocycles. The van der Waals surface area contributed by atoms with Gasteiger partial charge in [-0.1, -0.05) is 78.8 Å². The van der Waals surface area contributed by atoms with Crippen molar-refractivity contribution in [2.45, 2.75) is 33.1 Å². The third kappa shape index (κ3) is 3.16. The Hall–Kier alpha value is -2.08. The van der Waals surface area contributed by atoms with Crippen molar-refractivity contribution in [3.8, 4) is 0 Å². The summed E-state index contributed by atoms with van der Waals surface area (Å²) in [7, 11) is 0. The molecule has 0 saturated carbocycles. The van der Waals surface area contributed by atoms with Crippen molar-refractivity contribution in [3.63, 3.8) is 0 Å². The lowest BCUT2D eigenvalue weighted by atomic mass is 10.1. The van der Waals surface area contributed by atoms with Crippen molar-refractivity contribution in [1.82, 2.24) is 0 Å². The van der Waals surface area contributed by atoms with E-state index in [1.165, 1.54) is 40.7 Å². The smallest absolute Gasteiger partial charge is 0.00579 e. The van der Waals surface area contributed by atoms with E-state index in [9.17, 15) is 0 Å². The van der Waals surface area contributed by atoms with Crippen molar-refractivity contribution in [3.05, 3.63) is 81.9 Å². The molecule has 2 aliphatic rings. The Balaban J connectivity index is 0.000000126. The summed E-state index contributed by atoms with van der Waals surface area (Å²) in [5, 5.41) is 0. The first-order chi connectivity index (χ1) is 10.3. The predicted molar refractivity (Wildman–Crippen MR) is 92.2 cm³/mol. The molecule has 4 rings (SSSR count). The van der Waals surface area contributed by atoms with Gasteiger partial charge in [-0.05, 0) is 48.4 Å². The third-order valence-electron chi connectivity index (χ3n) is 4.21. The molecule has 2 aliphatic carbocycles. The molecule has 0 amide bonds. The van der Waals surface area contributed by atoms with Gasteiger partial charge in [0.1, 0.15) is 0 Å². The molecule has 0 heterocycles. The number of benzene rings is 2. The van der Waals surface area contributed by atoms with Gasteiger partial charge in [-0.15, -0.1) is 0 Å². The van der Waals surface area contributed by atoms with E-state index >= 15 is 0 Å². The molecule has 2 aromatic rings. The standard InChI is InChI=1S/C11H12.C10H10/c1-2-9-7-10-5-3-4-6-11(10)8-9;1-8-6-9-4-2-3-5-10(9)7-8/h3-7H,2,8H2,1H3;2-6H,7H2,1H3. The van der Waals surface area contributed by atoms with E-state index in [1.807, 2.05) is 0 Å². The molecule has 0 aromatic heterocycles.